The Morgan fingerprint density at radius 3 is 2.26 bits per heavy atom. The van der Waals surface area contributed by atoms with E-state index in [2.05, 4.69) is 10.2 Å². The highest BCUT2D eigenvalue weighted by Crippen LogP contribution is 2.22. The second kappa shape index (κ2) is 16.9. The van der Waals surface area contributed by atoms with Crippen molar-refractivity contribution < 1.29 is 33.8 Å². The van der Waals surface area contributed by atoms with Crippen LogP contribution in [0.5, 0.6) is 0 Å². The number of hydrogen-bond donors (Lipinski definition) is 3. The van der Waals surface area contributed by atoms with E-state index in [1.165, 1.54) is 4.90 Å². The number of nitrogens with one attached hydrogen (secondary N) is 2. The molecule has 1 heterocycles. The van der Waals surface area contributed by atoms with Gasteiger partial charge in [0.2, 0.25) is 5.91 Å². The second-order valence-electron chi connectivity index (χ2n) is 11.2. The van der Waals surface area contributed by atoms with Crippen LogP contribution >= 0.6 is 11.8 Å². The minimum Gasteiger partial charge on any atom is -0.464 e. The first-order valence-electron chi connectivity index (χ1n) is 13.8. The third-order valence-corrected chi connectivity index (χ3v) is 6.88. The highest BCUT2D eigenvalue weighted by Gasteiger charge is 2.40. The molecule has 1 saturated heterocycles. The third-order valence-electron chi connectivity index (χ3n) is 6.63. The molecule has 10 nitrogen and oxygen atoms in total. The lowest BCUT2D eigenvalue weighted by Crippen LogP contribution is -2.55. The van der Waals surface area contributed by atoms with E-state index in [-0.39, 0.29) is 30.1 Å². The Kier molecular flexibility index (Phi) is 15.2. The molecule has 0 aromatic heterocycles. The maximum atomic E-state index is 13.5. The summed E-state index contributed by atoms with van der Waals surface area (Å²) in [6.07, 6.45) is 0.586. The predicted molar refractivity (Wildman–Crippen MR) is 145 cm³/mol. The summed E-state index contributed by atoms with van der Waals surface area (Å²) in [6.45, 7) is 13.7. The largest absolute Gasteiger partial charge is 0.464 e. The Morgan fingerprint density at radius 1 is 1.08 bits per heavy atom. The Morgan fingerprint density at radius 2 is 1.74 bits per heavy atom. The number of rotatable bonds is 16. The number of nitrogens with zero attached hydrogens (tertiary/aromatic N) is 1. The number of carbonyl (C=O) groups excluding carboxylic acids is 4. The maximum Gasteiger partial charge on any atom is 0.328 e. The number of ether oxygens (including phenoxy) is 2. The fourth-order valence-corrected chi connectivity index (χ4v) is 4.86. The molecule has 0 radical (unpaired) electrons. The first-order valence-corrected chi connectivity index (χ1v) is 14.2. The predicted octanol–water partition coefficient (Wildman–Crippen LogP) is 2.94. The van der Waals surface area contributed by atoms with E-state index in [1.54, 1.807) is 13.8 Å². The van der Waals surface area contributed by atoms with E-state index < -0.39 is 48.2 Å². The molecule has 1 rings (SSSR count). The van der Waals surface area contributed by atoms with Crippen LogP contribution in [0.25, 0.3) is 0 Å². The molecule has 5 atom stereocenters. The van der Waals surface area contributed by atoms with Crippen molar-refractivity contribution in [1.29, 1.82) is 0 Å². The number of amides is 2. The molecule has 3 N–H and O–H groups in total. The number of carbonyl (C=O) groups is 4. The van der Waals surface area contributed by atoms with Gasteiger partial charge in [0.25, 0.3) is 5.91 Å². The molecule has 2 amide bonds. The van der Waals surface area contributed by atoms with Crippen molar-refractivity contribution in [2.24, 2.45) is 17.8 Å². The van der Waals surface area contributed by atoms with Crippen LogP contribution in [-0.4, -0.2) is 77.2 Å². The highest BCUT2D eigenvalue weighted by atomic mass is 35.5. The molecule has 0 spiro atoms. The van der Waals surface area contributed by atoms with E-state index in [9.17, 15) is 24.3 Å². The standard InChI is InChI=1S/C27H48ClN3O7/c1-8-9-13-37-27(36)20-11-10-12-31(20)26(35)19(14-16(2)3)29-25(34)24(18(6)7)38-22(33)15-21(32)23(30-28)17(4)5/h16-21,23-24,30,32H,8-15H2,1-7H3,(H,29,34)/t19-,20-,21-,23+,24-/m0/s1. The van der Waals surface area contributed by atoms with Gasteiger partial charge in [0.15, 0.2) is 6.10 Å². The number of likely N-dealkylation sites (tertiary alicyclic amines) is 1. The molecular weight excluding hydrogens is 514 g/mol. The third kappa shape index (κ3) is 10.7. The van der Waals surface area contributed by atoms with Gasteiger partial charge in [-0.1, -0.05) is 54.9 Å². The van der Waals surface area contributed by atoms with Crippen LogP contribution < -0.4 is 10.2 Å². The van der Waals surface area contributed by atoms with Gasteiger partial charge in [-0.25, -0.2) is 9.63 Å². The summed E-state index contributed by atoms with van der Waals surface area (Å²) in [5.74, 6) is -2.46. The smallest absolute Gasteiger partial charge is 0.328 e. The van der Waals surface area contributed by atoms with Crippen LogP contribution in [0.1, 0.15) is 87.0 Å². The van der Waals surface area contributed by atoms with Gasteiger partial charge in [-0.05, 0) is 55.2 Å². The molecule has 0 saturated carbocycles. The van der Waals surface area contributed by atoms with Crippen molar-refractivity contribution >= 4 is 35.5 Å². The lowest BCUT2D eigenvalue weighted by Gasteiger charge is -2.30. The van der Waals surface area contributed by atoms with E-state index in [1.807, 2.05) is 34.6 Å². The van der Waals surface area contributed by atoms with Gasteiger partial charge in [-0.3, -0.25) is 14.4 Å². The Bertz CT molecular complexity index is 778. The van der Waals surface area contributed by atoms with E-state index >= 15 is 0 Å². The molecule has 11 heteroatoms. The average Bonchev–Trinajstić information content (AvgIpc) is 3.31. The molecule has 1 fully saturated rings. The Balaban J connectivity index is 2.95. The molecule has 0 aromatic rings. The number of aliphatic hydroxyl groups is 1. The van der Waals surface area contributed by atoms with Crippen LogP contribution in [0.2, 0.25) is 0 Å². The summed E-state index contributed by atoms with van der Waals surface area (Å²) in [7, 11) is 0. The Hall–Kier alpha value is -1.91. The van der Waals surface area contributed by atoms with Gasteiger partial charge in [0, 0.05) is 6.54 Å². The van der Waals surface area contributed by atoms with Crippen LogP contribution in [-0.2, 0) is 28.7 Å². The fourth-order valence-electron chi connectivity index (χ4n) is 4.46. The van der Waals surface area contributed by atoms with Gasteiger partial charge in [0.1, 0.15) is 12.1 Å². The summed E-state index contributed by atoms with van der Waals surface area (Å²) in [5.41, 5.74) is 0. The minimum atomic E-state index is -1.16. The molecular formula is C27H48ClN3O7. The molecule has 0 bridgehead atoms. The number of esters is 2. The molecule has 0 aromatic carbocycles. The Labute approximate surface area is 232 Å². The van der Waals surface area contributed by atoms with Crippen molar-refractivity contribution in [3.05, 3.63) is 0 Å². The van der Waals surface area contributed by atoms with Crippen molar-refractivity contribution in [3.63, 3.8) is 0 Å². The lowest BCUT2D eigenvalue weighted by molar-refractivity contribution is -0.162. The lowest BCUT2D eigenvalue weighted by atomic mass is 9.97. The SMILES string of the molecule is CCCCOC(=O)[C@@H]1CCCN1C(=O)[C@H](CC(C)C)NC(=O)[C@@H](OC(=O)C[C@H](O)[C@H](NCl)C(C)C)C(C)C. The molecule has 220 valence electrons. The molecule has 38 heavy (non-hydrogen) atoms. The van der Waals surface area contributed by atoms with E-state index in [0.717, 1.165) is 12.8 Å². The summed E-state index contributed by atoms with van der Waals surface area (Å²) in [4.78, 5) is 56.0. The van der Waals surface area contributed by atoms with E-state index in [0.29, 0.717) is 32.4 Å². The normalized spacial score (nSPS) is 18.8. The fraction of sp³-hybridized carbons (Fsp3) is 0.852. The second-order valence-corrected chi connectivity index (χ2v) is 11.4. The van der Waals surface area contributed by atoms with Gasteiger partial charge >= 0.3 is 11.9 Å². The first kappa shape index (κ1) is 34.1. The van der Waals surface area contributed by atoms with Gasteiger partial charge in [-0.2, -0.15) is 0 Å². The van der Waals surface area contributed by atoms with Gasteiger partial charge in [0.05, 0.1) is 25.2 Å². The first-order chi connectivity index (χ1) is 17.8. The monoisotopic (exact) mass is 561 g/mol. The number of aliphatic hydroxyl groups excluding tert-OH is 1. The van der Waals surface area contributed by atoms with Crippen LogP contribution in [0.15, 0.2) is 0 Å². The molecule has 0 unspecified atom stereocenters. The summed E-state index contributed by atoms with van der Waals surface area (Å²) in [5, 5.41) is 13.2. The van der Waals surface area contributed by atoms with Crippen LogP contribution in [0.4, 0.5) is 0 Å². The van der Waals surface area contributed by atoms with Crippen LogP contribution in [0, 0.1) is 17.8 Å². The maximum absolute atomic E-state index is 13.5. The topological polar surface area (TPSA) is 134 Å². The van der Waals surface area contributed by atoms with Gasteiger partial charge < -0.3 is 24.8 Å². The van der Waals surface area contributed by atoms with Crippen molar-refractivity contribution in [3.8, 4) is 0 Å². The van der Waals surface area contributed by atoms with E-state index in [4.69, 9.17) is 21.3 Å². The quantitative estimate of drug-likeness (QED) is 0.149. The molecule has 0 aliphatic carbocycles. The van der Waals surface area contributed by atoms with Crippen LogP contribution in [0.3, 0.4) is 0 Å². The van der Waals surface area contributed by atoms with Crippen molar-refractivity contribution in [2.45, 2.75) is 117 Å². The molecule has 1 aliphatic heterocycles. The summed E-state index contributed by atoms with van der Waals surface area (Å²) < 4.78 is 10.8. The minimum absolute atomic E-state index is 0.0411. The zero-order chi connectivity index (χ0) is 29.0. The highest BCUT2D eigenvalue weighted by molar-refractivity contribution is 6.13. The van der Waals surface area contributed by atoms with Crippen molar-refractivity contribution in [1.82, 2.24) is 15.1 Å². The zero-order valence-electron chi connectivity index (χ0n) is 24.0. The summed E-state index contributed by atoms with van der Waals surface area (Å²) >= 11 is 5.70. The van der Waals surface area contributed by atoms with Gasteiger partial charge in [-0.15, -0.1) is 0 Å². The number of hydrogen-bond acceptors (Lipinski definition) is 8. The average molecular weight is 562 g/mol. The van der Waals surface area contributed by atoms with Crippen molar-refractivity contribution in [2.75, 3.05) is 13.2 Å². The summed E-state index contributed by atoms with van der Waals surface area (Å²) in [6, 6.07) is -2.09. The number of halogens is 1. The zero-order valence-corrected chi connectivity index (χ0v) is 24.8. The number of unbranched alkanes of at least 4 members (excludes halogenated alkanes) is 1. The molecule has 1 aliphatic rings.